The number of carbonyl (C=O) groups excluding carboxylic acids is 2. The summed E-state index contributed by atoms with van der Waals surface area (Å²) in [7, 11) is -3.94. The fraction of sp³-hybridized carbons (Fsp3) is 0.200. The van der Waals surface area contributed by atoms with E-state index in [1.165, 1.54) is 18.2 Å². The monoisotopic (exact) mass is 382 g/mol. The molecule has 27 heavy (non-hydrogen) atoms. The summed E-state index contributed by atoms with van der Waals surface area (Å²) < 4.78 is 26.0. The number of amides is 2. The molecule has 6 nitrogen and oxygen atoms in total. The molecule has 3 rings (SSSR count). The number of carbonyl (C=O) groups is 2. The summed E-state index contributed by atoms with van der Waals surface area (Å²) in [5.74, 6) is 4.73. The van der Waals surface area contributed by atoms with Gasteiger partial charge in [-0.3, -0.25) is 9.59 Å². The first-order valence-corrected chi connectivity index (χ1v) is 9.81. The van der Waals surface area contributed by atoms with Gasteiger partial charge in [0.1, 0.15) is 4.90 Å². The van der Waals surface area contributed by atoms with Crippen LogP contribution in [0.15, 0.2) is 53.4 Å². The van der Waals surface area contributed by atoms with Crippen LogP contribution >= 0.6 is 0 Å². The molecule has 2 aromatic rings. The standard InChI is InChI=1S/C20H18N2O4S/c1-14(2)22-20(24)17-11-10-16(13-18(17)27(22,25)26)19(23)21-12-6-9-15-7-4-3-5-8-15/h3-5,7-8,10-11,13-14H,12H2,1-2H3,(H,21,23). The minimum absolute atomic E-state index is 0.0871. The Balaban J connectivity index is 1.77. The second-order valence-corrected chi connectivity index (χ2v) is 8.04. The molecule has 1 aliphatic heterocycles. The Kier molecular flexibility index (Phi) is 5.02. The number of nitrogens with zero attached hydrogens (tertiary/aromatic N) is 1. The third-order valence-electron chi connectivity index (χ3n) is 4.02. The number of hydrogen-bond donors (Lipinski definition) is 1. The van der Waals surface area contributed by atoms with Gasteiger partial charge in [0, 0.05) is 17.2 Å². The molecular formula is C20H18N2O4S. The predicted octanol–water partition coefficient (Wildman–Crippen LogP) is 2.02. The molecule has 1 heterocycles. The average Bonchev–Trinajstić information content (AvgIpc) is 2.85. The minimum Gasteiger partial charge on any atom is -0.341 e. The molecule has 0 atom stereocenters. The lowest BCUT2D eigenvalue weighted by molar-refractivity contribution is 0.0845. The molecular weight excluding hydrogens is 364 g/mol. The van der Waals surface area contributed by atoms with Crippen molar-refractivity contribution in [2.75, 3.05) is 6.54 Å². The van der Waals surface area contributed by atoms with Crippen LogP contribution in [-0.2, 0) is 10.0 Å². The van der Waals surface area contributed by atoms with Crippen LogP contribution in [0.1, 0.15) is 40.1 Å². The second kappa shape index (κ2) is 7.25. The van der Waals surface area contributed by atoms with E-state index in [0.29, 0.717) is 0 Å². The van der Waals surface area contributed by atoms with Gasteiger partial charge in [0.2, 0.25) is 0 Å². The quantitative estimate of drug-likeness (QED) is 0.824. The predicted molar refractivity (Wildman–Crippen MR) is 101 cm³/mol. The third kappa shape index (κ3) is 3.57. The van der Waals surface area contributed by atoms with Gasteiger partial charge in [0.25, 0.3) is 21.8 Å². The van der Waals surface area contributed by atoms with Gasteiger partial charge in [-0.1, -0.05) is 30.0 Å². The van der Waals surface area contributed by atoms with E-state index in [2.05, 4.69) is 17.2 Å². The maximum Gasteiger partial charge on any atom is 0.269 e. The molecule has 0 radical (unpaired) electrons. The summed E-state index contributed by atoms with van der Waals surface area (Å²) in [6.45, 7) is 3.37. The Morgan fingerprint density at radius 1 is 1.15 bits per heavy atom. The molecule has 0 saturated heterocycles. The van der Waals surface area contributed by atoms with Gasteiger partial charge >= 0.3 is 0 Å². The Morgan fingerprint density at radius 2 is 1.85 bits per heavy atom. The fourth-order valence-corrected chi connectivity index (χ4v) is 4.59. The van der Waals surface area contributed by atoms with Crippen molar-refractivity contribution in [1.82, 2.24) is 9.62 Å². The third-order valence-corrected chi connectivity index (χ3v) is 6.02. The lowest BCUT2D eigenvalue weighted by Crippen LogP contribution is -2.36. The highest BCUT2D eigenvalue weighted by molar-refractivity contribution is 7.90. The van der Waals surface area contributed by atoms with Crippen LogP contribution in [-0.4, -0.2) is 37.1 Å². The Hall–Kier alpha value is -3.11. The largest absolute Gasteiger partial charge is 0.341 e. The summed E-state index contributed by atoms with van der Waals surface area (Å²) in [6.07, 6.45) is 0. The van der Waals surface area contributed by atoms with Crippen LogP contribution in [0.5, 0.6) is 0 Å². The zero-order valence-electron chi connectivity index (χ0n) is 14.9. The first kappa shape index (κ1) is 18.7. The van der Waals surface area contributed by atoms with Crippen LogP contribution in [0, 0.1) is 11.8 Å². The van der Waals surface area contributed by atoms with Crippen molar-refractivity contribution in [1.29, 1.82) is 0 Å². The zero-order chi connectivity index (χ0) is 19.6. The summed E-state index contributed by atoms with van der Waals surface area (Å²) >= 11 is 0. The van der Waals surface area contributed by atoms with E-state index in [-0.39, 0.29) is 22.6 Å². The number of rotatable bonds is 3. The van der Waals surface area contributed by atoms with Crippen LogP contribution in [0.4, 0.5) is 0 Å². The van der Waals surface area contributed by atoms with Gasteiger partial charge < -0.3 is 5.32 Å². The normalized spacial score (nSPS) is 14.5. The molecule has 0 spiro atoms. The number of fused-ring (bicyclic) bond motifs is 1. The second-order valence-electron chi connectivity index (χ2n) is 6.26. The molecule has 0 aromatic heterocycles. The number of nitrogens with one attached hydrogen (secondary N) is 1. The highest BCUT2D eigenvalue weighted by Crippen LogP contribution is 2.32. The van der Waals surface area contributed by atoms with Crippen LogP contribution < -0.4 is 5.32 Å². The van der Waals surface area contributed by atoms with Crippen LogP contribution in [0.25, 0.3) is 0 Å². The Labute approximate surface area is 158 Å². The molecule has 0 unspecified atom stereocenters. The van der Waals surface area contributed by atoms with Crippen molar-refractivity contribution in [2.24, 2.45) is 0 Å². The first-order chi connectivity index (χ1) is 12.8. The topological polar surface area (TPSA) is 83.6 Å². The maximum absolute atomic E-state index is 12.6. The van der Waals surface area contributed by atoms with Crippen molar-refractivity contribution in [2.45, 2.75) is 24.8 Å². The van der Waals surface area contributed by atoms with E-state index in [4.69, 9.17) is 0 Å². The molecule has 2 aromatic carbocycles. The molecule has 7 heteroatoms. The summed E-state index contributed by atoms with van der Waals surface area (Å²) in [4.78, 5) is 24.5. The van der Waals surface area contributed by atoms with Gasteiger partial charge in [-0.05, 0) is 44.2 Å². The van der Waals surface area contributed by atoms with Gasteiger partial charge in [0.05, 0.1) is 12.1 Å². The van der Waals surface area contributed by atoms with Crippen molar-refractivity contribution in [3.05, 3.63) is 65.2 Å². The SMILES string of the molecule is CC(C)N1C(=O)c2ccc(C(=O)NCC#Cc3ccccc3)cc2S1(=O)=O. The lowest BCUT2D eigenvalue weighted by Gasteiger charge is -2.18. The first-order valence-electron chi connectivity index (χ1n) is 8.37. The molecule has 0 aliphatic carbocycles. The zero-order valence-corrected chi connectivity index (χ0v) is 15.7. The molecule has 0 bridgehead atoms. The van der Waals surface area contributed by atoms with Crippen LogP contribution in [0.3, 0.4) is 0 Å². The van der Waals surface area contributed by atoms with Crippen molar-refractivity contribution < 1.29 is 18.0 Å². The number of benzene rings is 2. The van der Waals surface area contributed by atoms with E-state index in [0.717, 1.165) is 9.87 Å². The summed E-state index contributed by atoms with van der Waals surface area (Å²) in [5, 5.41) is 2.63. The number of hydrogen-bond acceptors (Lipinski definition) is 4. The smallest absolute Gasteiger partial charge is 0.269 e. The Morgan fingerprint density at radius 3 is 2.52 bits per heavy atom. The maximum atomic E-state index is 12.6. The lowest BCUT2D eigenvalue weighted by atomic mass is 10.1. The van der Waals surface area contributed by atoms with Crippen molar-refractivity contribution in [3.63, 3.8) is 0 Å². The molecule has 2 amide bonds. The van der Waals surface area contributed by atoms with Gasteiger partial charge in [-0.25, -0.2) is 12.7 Å². The van der Waals surface area contributed by atoms with Crippen LogP contribution in [0.2, 0.25) is 0 Å². The molecule has 1 aliphatic rings. The molecule has 0 fully saturated rings. The summed E-state index contributed by atoms with van der Waals surface area (Å²) in [6, 6.07) is 12.9. The van der Waals surface area contributed by atoms with Gasteiger partial charge in [-0.15, -0.1) is 0 Å². The average molecular weight is 382 g/mol. The van der Waals surface area contributed by atoms with Crippen molar-refractivity contribution >= 4 is 21.8 Å². The highest BCUT2D eigenvalue weighted by Gasteiger charge is 2.42. The highest BCUT2D eigenvalue weighted by atomic mass is 32.2. The van der Waals surface area contributed by atoms with Gasteiger partial charge in [0.15, 0.2) is 0 Å². The molecule has 0 saturated carbocycles. The van der Waals surface area contributed by atoms with E-state index >= 15 is 0 Å². The van der Waals surface area contributed by atoms with Crippen molar-refractivity contribution in [3.8, 4) is 11.8 Å². The van der Waals surface area contributed by atoms with E-state index in [1.807, 2.05) is 30.3 Å². The van der Waals surface area contributed by atoms with E-state index in [1.54, 1.807) is 13.8 Å². The minimum atomic E-state index is -3.94. The molecule has 1 N–H and O–H groups in total. The van der Waals surface area contributed by atoms with E-state index in [9.17, 15) is 18.0 Å². The molecule has 138 valence electrons. The van der Waals surface area contributed by atoms with Gasteiger partial charge in [-0.2, -0.15) is 0 Å². The fourth-order valence-electron chi connectivity index (χ4n) is 2.79. The summed E-state index contributed by atoms with van der Waals surface area (Å²) in [5.41, 5.74) is 1.09. The Bertz CT molecular complexity index is 1060. The number of sulfonamides is 1. The van der Waals surface area contributed by atoms with E-state index < -0.39 is 27.9 Å².